The Morgan fingerprint density at radius 1 is 0.977 bits per heavy atom. The van der Waals surface area contributed by atoms with Gasteiger partial charge in [0.25, 0.3) is 5.69 Å². The maximum Gasteiger partial charge on any atom is 0.407 e. The van der Waals surface area contributed by atoms with E-state index in [1.54, 1.807) is 32.0 Å². The third-order valence-electron chi connectivity index (χ3n) is 6.49. The summed E-state index contributed by atoms with van der Waals surface area (Å²) in [5.41, 5.74) is 1.09. The highest BCUT2D eigenvalue weighted by molar-refractivity contribution is 5.99. The van der Waals surface area contributed by atoms with Crippen molar-refractivity contribution in [1.29, 1.82) is 0 Å². The Morgan fingerprint density at radius 3 is 2.34 bits per heavy atom. The number of nitro groups is 1. The van der Waals surface area contributed by atoms with Crippen molar-refractivity contribution in [2.24, 2.45) is 0 Å². The first-order chi connectivity index (χ1) is 21.1. The molecular weight excluding hydrogens is 576 g/mol. The zero-order valence-electron chi connectivity index (χ0n) is 24.7. The minimum Gasteiger partial charge on any atom is -0.491 e. The number of nitrogens with zero attached hydrogens (tertiary/aromatic N) is 1. The van der Waals surface area contributed by atoms with Crippen LogP contribution < -0.4 is 20.7 Å². The maximum atomic E-state index is 13.2. The number of non-ortho nitro benzene ring substituents is 1. The number of aliphatic hydroxyl groups excluding tert-OH is 1. The molecule has 14 nitrogen and oxygen atoms in total. The number of nitrogens with one attached hydrogen (secondary N) is 3. The molecule has 2 atom stereocenters. The normalized spacial score (nSPS) is 15.1. The molecule has 2 aromatic carbocycles. The van der Waals surface area contributed by atoms with Crippen LogP contribution >= 0.6 is 0 Å². The molecule has 0 saturated heterocycles. The van der Waals surface area contributed by atoms with Crippen molar-refractivity contribution in [3.63, 3.8) is 0 Å². The van der Waals surface area contributed by atoms with Crippen LogP contribution in [0.25, 0.3) is 0 Å². The van der Waals surface area contributed by atoms with E-state index < -0.39 is 35.0 Å². The van der Waals surface area contributed by atoms with Crippen molar-refractivity contribution in [1.82, 2.24) is 16.0 Å². The van der Waals surface area contributed by atoms with E-state index in [2.05, 4.69) is 16.0 Å². The number of ether oxygens (including phenoxy) is 4. The maximum absolute atomic E-state index is 13.2. The van der Waals surface area contributed by atoms with E-state index in [1.165, 1.54) is 25.3 Å². The number of aliphatic hydroxyl groups is 1. The summed E-state index contributed by atoms with van der Waals surface area (Å²) in [6.45, 7) is 3.67. The SMILES string of the molecule is COC(=O)C1=C(C)NC(C)=C(C(=O)OCCOC(=O)NCCNCC(O)COc2ccccc2)C1c1cccc([N+](=O)[O-])c1. The van der Waals surface area contributed by atoms with Crippen LogP contribution in [0.2, 0.25) is 0 Å². The fourth-order valence-electron chi connectivity index (χ4n) is 4.48. The molecule has 236 valence electrons. The molecule has 14 heteroatoms. The van der Waals surface area contributed by atoms with Crippen molar-refractivity contribution in [3.8, 4) is 5.75 Å². The second kappa shape index (κ2) is 16.6. The second-order valence-electron chi connectivity index (χ2n) is 9.66. The minimum atomic E-state index is -1.00. The summed E-state index contributed by atoms with van der Waals surface area (Å²) in [7, 11) is 1.19. The number of benzene rings is 2. The molecule has 4 N–H and O–H groups in total. The molecule has 44 heavy (non-hydrogen) atoms. The van der Waals surface area contributed by atoms with Gasteiger partial charge in [0.1, 0.15) is 31.7 Å². The molecule has 0 saturated carbocycles. The molecule has 0 spiro atoms. The lowest BCUT2D eigenvalue weighted by atomic mass is 9.80. The fraction of sp³-hybridized carbons (Fsp3) is 0.367. The van der Waals surface area contributed by atoms with Gasteiger partial charge in [0.2, 0.25) is 0 Å². The summed E-state index contributed by atoms with van der Waals surface area (Å²) in [5.74, 6) is -1.86. The van der Waals surface area contributed by atoms with E-state index in [0.717, 1.165) is 0 Å². The van der Waals surface area contributed by atoms with Gasteiger partial charge < -0.3 is 40.0 Å². The number of amides is 1. The fourth-order valence-corrected chi connectivity index (χ4v) is 4.48. The topological polar surface area (TPSA) is 188 Å². The number of hydrogen-bond acceptors (Lipinski definition) is 12. The van der Waals surface area contributed by atoms with E-state index in [9.17, 15) is 29.6 Å². The lowest BCUT2D eigenvalue weighted by Gasteiger charge is -2.30. The lowest BCUT2D eigenvalue weighted by molar-refractivity contribution is -0.384. The molecule has 2 unspecified atom stereocenters. The Balaban J connectivity index is 1.47. The number of carbonyl (C=O) groups is 3. The predicted octanol–water partition coefficient (Wildman–Crippen LogP) is 2.30. The second-order valence-corrected chi connectivity index (χ2v) is 9.66. The number of allylic oxidation sites excluding steroid dienone is 2. The van der Waals surface area contributed by atoms with Gasteiger partial charge in [-0.05, 0) is 31.5 Å². The Kier molecular flexibility index (Phi) is 12.7. The predicted molar refractivity (Wildman–Crippen MR) is 158 cm³/mol. The van der Waals surface area contributed by atoms with Gasteiger partial charge in [-0.3, -0.25) is 10.1 Å². The number of dihydropyridines is 1. The van der Waals surface area contributed by atoms with Crippen LogP contribution in [-0.2, 0) is 23.8 Å². The van der Waals surface area contributed by atoms with E-state index in [0.29, 0.717) is 29.3 Å². The number of carbonyl (C=O) groups excluding carboxylic acids is 3. The van der Waals surface area contributed by atoms with Gasteiger partial charge in [-0.2, -0.15) is 0 Å². The summed E-state index contributed by atoms with van der Waals surface area (Å²) in [4.78, 5) is 48.8. The average molecular weight is 613 g/mol. The average Bonchev–Trinajstić information content (AvgIpc) is 3.01. The molecule has 0 fully saturated rings. The molecule has 1 aliphatic rings. The van der Waals surface area contributed by atoms with E-state index in [1.807, 2.05) is 18.2 Å². The zero-order chi connectivity index (χ0) is 32.1. The molecule has 0 radical (unpaired) electrons. The first-order valence-electron chi connectivity index (χ1n) is 13.8. The van der Waals surface area contributed by atoms with Crippen LogP contribution in [0.15, 0.2) is 77.1 Å². The van der Waals surface area contributed by atoms with E-state index in [-0.39, 0.29) is 49.7 Å². The van der Waals surface area contributed by atoms with Crippen molar-refractivity contribution >= 4 is 23.7 Å². The monoisotopic (exact) mass is 612 g/mol. The summed E-state index contributed by atoms with van der Waals surface area (Å²) < 4.78 is 20.8. The molecule has 0 bridgehead atoms. The molecule has 1 amide bonds. The highest BCUT2D eigenvalue weighted by Crippen LogP contribution is 2.40. The summed E-state index contributed by atoms with van der Waals surface area (Å²) >= 11 is 0. The smallest absolute Gasteiger partial charge is 0.407 e. The van der Waals surface area contributed by atoms with Gasteiger partial charge in [0, 0.05) is 43.2 Å². The van der Waals surface area contributed by atoms with Gasteiger partial charge >= 0.3 is 18.0 Å². The number of alkyl carbamates (subject to hydrolysis) is 1. The van der Waals surface area contributed by atoms with Crippen LogP contribution in [0.1, 0.15) is 25.3 Å². The largest absolute Gasteiger partial charge is 0.491 e. The Bertz CT molecular complexity index is 1390. The quantitative estimate of drug-likeness (QED) is 0.0757. The zero-order valence-corrected chi connectivity index (χ0v) is 24.7. The number of esters is 2. The molecule has 1 heterocycles. The molecule has 2 aromatic rings. The minimum absolute atomic E-state index is 0.0587. The lowest BCUT2D eigenvalue weighted by Crippen LogP contribution is -2.37. The van der Waals surface area contributed by atoms with Gasteiger partial charge in [-0.25, -0.2) is 14.4 Å². The van der Waals surface area contributed by atoms with Gasteiger partial charge in [0.05, 0.1) is 29.1 Å². The van der Waals surface area contributed by atoms with Crippen LogP contribution in [0.4, 0.5) is 10.5 Å². The molecule has 0 aromatic heterocycles. The Morgan fingerprint density at radius 2 is 1.66 bits per heavy atom. The Hall–Kier alpha value is -4.95. The standard InChI is InChI=1S/C30H36N4O10/c1-19-25(28(36)41-3)27(21-8-7-9-22(16-21)34(39)40)26(20(2)33-19)29(37)42-14-15-43-30(38)32-13-12-31-17-23(35)18-44-24-10-5-4-6-11-24/h4-11,16,23,27,31,33,35H,12-15,17-18H2,1-3H3,(H,32,38). The number of methoxy groups -OCH3 is 1. The number of rotatable bonds is 15. The van der Waals surface area contributed by atoms with Crippen LogP contribution in [-0.4, -0.2) is 80.7 Å². The first-order valence-corrected chi connectivity index (χ1v) is 13.8. The summed E-state index contributed by atoms with van der Waals surface area (Å²) in [6.07, 6.45) is -1.47. The van der Waals surface area contributed by atoms with Crippen LogP contribution in [0, 0.1) is 10.1 Å². The number of para-hydroxylation sites is 1. The first kappa shape index (κ1) is 33.6. The van der Waals surface area contributed by atoms with Crippen molar-refractivity contribution < 1.29 is 43.4 Å². The third-order valence-corrected chi connectivity index (χ3v) is 6.49. The van der Waals surface area contributed by atoms with Crippen LogP contribution in [0.3, 0.4) is 0 Å². The molecular formula is C30H36N4O10. The summed E-state index contributed by atoms with van der Waals surface area (Å²) in [6, 6.07) is 14.7. The molecule has 0 aliphatic carbocycles. The van der Waals surface area contributed by atoms with Crippen molar-refractivity contribution in [2.45, 2.75) is 25.9 Å². The molecule has 3 rings (SSSR count). The summed E-state index contributed by atoms with van der Waals surface area (Å²) in [5, 5.41) is 29.9. The number of hydrogen-bond donors (Lipinski definition) is 4. The molecule has 1 aliphatic heterocycles. The van der Waals surface area contributed by atoms with Crippen molar-refractivity contribution in [3.05, 3.63) is 92.8 Å². The van der Waals surface area contributed by atoms with Crippen molar-refractivity contribution in [2.75, 3.05) is 46.6 Å². The van der Waals surface area contributed by atoms with Gasteiger partial charge in [0.15, 0.2) is 0 Å². The number of nitro benzene ring substituents is 1. The Labute approximate surface area is 254 Å². The highest BCUT2D eigenvalue weighted by Gasteiger charge is 2.38. The van der Waals surface area contributed by atoms with E-state index >= 15 is 0 Å². The third kappa shape index (κ3) is 9.54. The van der Waals surface area contributed by atoms with Gasteiger partial charge in [-0.1, -0.05) is 30.3 Å². The van der Waals surface area contributed by atoms with Crippen LogP contribution in [0.5, 0.6) is 5.75 Å². The highest BCUT2D eigenvalue weighted by atomic mass is 16.6. The van der Waals surface area contributed by atoms with Gasteiger partial charge in [-0.15, -0.1) is 0 Å². The van der Waals surface area contributed by atoms with E-state index in [4.69, 9.17) is 18.9 Å².